The van der Waals surface area contributed by atoms with Gasteiger partial charge in [0.1, 0.15) is 17.2 Å². The molecule has 0 aliphatic heterocycles. The average Bonchev–Trinajstić information content (AvgIpc) is 2.37. The Balaban J connectivity index is 2.20. The van der Waals surface area contributed by atoms with Crippen LogP contribution in [0.2, 0.25) is 0 Å². The zero-order valence-electron chi connectivity index (χ0n) is 10.1. The lowest BCUT2D eigenvalue weighted by Gasteiger charge is -2.10. The molecule has 0 aliphatic rings. The van der Waals surface area contributed by atoms with Crippen molar-refractivity contribution in [2.45, 2.75) is 6.42 Å². The molecule has 0 amide bonds. The topological polar surface area (TPSA) is 55.5 Å². The van der Waals surface area contributed by atoms with E-state index in [-0.39, 0.29) is 5.75 Å². The van der Waals surface area contributed by atoms with Gasteiger partial charge in [-0.2, -0.15) is 0 Å². The summed E-state index contributed by atoms with van der Waals surface area (Å²) in [6.07, 6.45) is 0.868. The molecule has 3 nitrogen and oxygen atoms in total. The number of benzene rings is 2. The highest BCUT2D eigenvalue weighted by atomic mass is 127. The molecule has 0 saturated carbocycles. The van der Waals surface area contributed by atoms with Gasteiger partial charge in [-0.05, 0) is 94.0 Å². The van der Waals surface area contributed by atoms with Gasteiger partial charge in [-0.25, -0.2) is 0 Å². The first kappa shape index (κ1) is 14.9. The SMILES string of the molecule is NCCc1ccc(Oc2ccc(O)c(I)c2)c(I)c1. The van der Waals surface area contributed by atoms with E-state index in [1.807, 2.05) is 12.1 Å². The fourth-order valence-corrected chi connectivity index (χ4v) is 2.80. The lowest BCUT2D eigenvalue weighted by Crippen LogP contribution is -2.02. The van der Waals surface area contributed by atoms with E-state index in [4.69, 9.17) is 10.5 Å². The largest absolute Gasteiger partial charge is 0.507 e. The zero-order valence-corrected chi connectivity index (χ0v) is 14.4. The molecule has 0 atom stereocenters. The Bertz CT molecular complexity index is 588. The van der Waals surface area contributed by atoms with Gasteiger partial charge in [0, 0.05) is 0 Å². The number of aromatic hydroxyl groups is 1. The maximum Gasteiger partial charge on any atom is 0.140 e. The molecule has 2 rings (SSSR count). The monoisotopic (exact) mass is 481 g/mol. The first-order valence-electron chi connectivity index (χ1n) is 5.75. The van der Waals surface area contributed by atoms with Gasteiger partial charge in [0.05, 0.1) is 7.14 Å². The molecule has 0 saturated heterocycles. The smallest absolute Gasteiger partial charge is 0.140 e. The fraction of sp³-hybridized carbons (Fsp3) is 0.143. The lowest BCUT2D eigenvalue weighted by molar-refractivity contribution is 0.459. The molecule has 3 N–H and O–H groups in total. The van der Waals surface area contributed by atoms with Gasteiger partial charge < -0.3 is 15.6 Å². The summed E-state index contributed by atoms with van der Waals surface area (Å²) in [5, 5.41) is 9.48. The van der Waals surface area contributed by atoms with Crippen molar-refractivity contribution in [1.82, 2.24) is 0 Å². The summed E-state index contributed by atoms with van der Waals surface area (Å²) in [5.41, 5.74) is 6.75. The zero-order chi connectivity index (χ0) is 13.8. The summed E-state index contributed by atoms with van der Waals surface area (Å²) < 4.78 is 7.64. The molecule has 5 heteroatoms. The van der Waals surface area contributed by atoms with Crippen LogP contribution in [-0.4, -0.2) is 11.7 Å². The minimum Gasteiger partial charge on any atom is -0.507 e. The van der Waals surface area contributed by atoms with E-state index in [1.54, 1.807) is 18.2 Å². The number of phenolic OH excluding ortho intramolecular Hbond substituents is 1. The van der Waals surface area contributed by atoms with Crippen LogP contribution >= 0.6 is 45.2 Å². The standard InChI is InChI=1S/C14H13I2NO2/c15-11-8-10(2-3-13(11)18)19-14-4-1-9(5-6-17)7-12(14)16/h1-4,7-8,18H,5-6,17H2. The number of nitrogens with two attached hydrogens (primary N) is 1. The van der Waals surface area contributed by atoms with Crippen molar-refractivity contribution >= 4 is 45.2 Å². The predicted octanol–water partition coefficient (Wildman–Crippen LogP) is 3.89. The van der Waals surface area contributed by atoms with E-state index in [2.05, 4.69) is 51.2 Å². The normalized spacial score (nSPS) is 10.5. The Labute approximate surface area is 139 Å². The van der Waals surface area contributed by atoms with E-state index in [0.29, 0.717) is 12.3 Å². The van der Waals surface area contributed by atoms with Gasteiger partial charge >= 0.3 is 0 Å². The minimum atomic E-state index is 0.265. The van der Waals surface area contributed by atoms with E-state index >= 15 is 0 Å². The van der Waals surface area contributed by atoms with Crippen molar-refractivity contribution in [1.29, 1.82) is 0 Å². The Kier molecular flexibility index (Phi) is 5.28. The van der Waals surface area contributed by atoms with Crippen molar-refractivity contribution in [3.63, 3.8) is 0 Å². The van der Waals surface area contributed by atoms with E-state index < -0.39 is 0 Å². The fourth-order valence-electron chi connectivity index (χ4n) is 1.63. The average molecular weight is 481 g/mol. The third kappa shape index (κ3) is 3.96. The van der Waals surface area contributed by atoms with Crippen LogP contribution in [0.15, 0.2) is 36.4 Å². The van der Waals surface area contributed by atoms with Crippen LogP contribution < -0.4 is 10.5 Å². The predicted molar refractivity (Wildman–Crippen MR) is 92.8 cm³/mol. The van der Waals surface area contributed by atoms with Crippen LogP contribution in [-0.2, 0) is 6.42 Å². The van der Waals surface area contributed by atoms with Crippen LogP contribution in [0.3, 0.4) is 0 Å². The molecule has 0 heterocycles. The molecular weight excluding hydrogens is 468 g/mol. The Morgan fingerprint density at radius 3 is 2.47 bits per heavy atom. The molecule has 19 heavy (non-hydrogen) atoms. The number of rotatable bonds is 4. The van der Waals surface area contributed by atoms with Gasteiger partial charge in [-0.3, -0.25) is 0 Å². The summed E-state index contributed by atoms with van der Waals surface area (Å²) in [7, 11) is 0. The Morgan fingerprint density at radius 2 is 1.84 bits per heavy atom. The van der Waals surface area contributed by atoms with Gasteiger partial charge in [-0.15, -0.1) is 0 Å². The van der Waals surface area contributed by atoms with Crippen molar-refractivity contribution in [2.75, 3.05) is 6.54 Å². The molecule has 2 aromatic carbocycles. The Hall–Kier alpha value is -0.540. The molecule has 0 bridgehead atoms. The van der Waals surface area contributed by atoms with Crippen molar-refractivity contribution < 1.29 is 9.84 Å². The van der Waals surface area contributed by atoms with Gasteiger partial charge in [-0.1, -0.05) is 6.07 Å². The van der Waals surface area contributed by atoms with Crippen LogP contribution in [0.5, 0.6) is 17.2 Å². The van der Waals surface area contributed by atoms with Crippen LogP contribution in [0.25, 0.3) is 0 Å². The van der Waals surface area contributed by atoms with Crippen molar-refractivity contribution in [3.05, 3.63) is 49.1 Å². The van der Waals surface area contributed by atoms with Crippen molar-refractivity contribution in [3.8, 4) is 17.2 Å². The highest BCUT2D eigenvalue weighted by Crippen LogP contribution is 2.31. The first-order valence-corrected chi connectivity index (χ1v) is 7.91. The van der Waals surface area contributed by atoms with E-state index in [0.717, 1.165) is 19.3 Å². The second-order valence-electron chi connectivity index (χ2n) is 4.02. The summed E-state index contributed by atoms with van der Waals surface area (Å²) >= 11 is 4.32. The molecule has 0 aliphatic carbocycles. The first-order chi connectivity index (χ1) is 9.10. The molecule has 0 radical (unpaired) electrons. The number of halogens is 2. The summed E-state index contributed by atoms with van der Waals surface area (Å²) in [6.45, 7) is 0.645. The van der Waals surface area contributed by atoms with Crippen LogP contribution in [0, 0.1) is 7.14 Å². The molecule has 2 aromatic rings. The molecule has 0 fully saturated rings. The van der Waals surface area contributed by atoms with E-state index in [9.17, 15) is 5.11 Å². The van der Waals surface area contributed by atoms with E-state index in [1.165, 1.54) is 5.56 Å². The summed E-state index contributed by atoms with van der Waals surface area (Å²) in [5.74, 6) is 1.79. The summed E-state index contributed by atoms with van der Waals surface area (Å²) in [6, 6.07) is 11.2. The molecular formula is C14H13I2NO2. The van der Waals surface area contributed by atoms with Crippen molar-refractivity contribution in [2.24, 2.45) is 5.73 Å². The van der Waals surface area contributed by atoms with Gasteiger partial charge in [0.25, 0.3) is 0 Å². The van der Waals surface area contributed by atoms with Gasteiger partial charge in [0.2, 0.25) is 0 Å². The summed E-state index contributed by atoms with van der Waals surface area (Å²) in [4.78, 5) is 0. The van der Waals surface area contributed by atoms with Crippen LogP contribution in [0.1, 0.15) is 5.56 Å². The quantitative estimate of drug-likeness (QED) is 0.653. The number of ether oxygens (including phenoxy) is 1. The maximum absolute atomic E-state index is 9.48. The minimum absolute atomic E-state index is 0.265. The number of phenols is 1. The second kappa shape index (κ2) is 6.76. The number of hydrogen-bond acceptors (Lipinski definition) is 3. The number of hydrogen-bond donors (Lipinski definition) is 2. The molecule has 100 valence electrons. The lowest BCUT2D eigenvalue weighted by atomic mass is 10.1. The Morgan fingerprint density at radius 1 is 1.05 bits per heavy atom. The second-order valence-corrected chi connectivity index (χ2v) is 6.34. The molecule has 0 unspecified atom stereocenters. The third-order valence-electron chi connectivity index (χ3n) is 2.58. The van der Waals surface area contributed by atoms with Crippen LogP contribution in [0.4, 0.5) is 0 Å². The molecule has 0 aromatic heterocycles. The van der Waals surface area contributed by atoms with Gasteiger partial charge in [0.15, 0.2) is 0 Å². The highest BCUT2D eigenvalue weighted by molar-refractivity contribution is 14.1. The third-order valence-corrected chi connectivity index (χ3v) is 4.28. The maximum atomic E-state index is 9.48. The molecule has 0 spiro atoms. The highest BCUT2D eigenvalue weighted by Gasteiger charge is 2.06.